The molecule has 21 heavy (non-hydrogen) atoms. The first-order valence-corrected chi connectivity index (χ1v) is 6.96. The molecule has 1 aromatic heterocycles. The second-order valence-corrected chi connectivity index (χ2v) is 4.79. The van der Waals surface area contributed by atoms with Crippen LogP contribution in [0.2, 0.25) is 0 Å². The van der Waals surface area contributed by atoms with Crippen molar-refractivity contribution >= 4 is 11.7 Å². The van der Waals surface area contributed by atoms with E-state index >= 15 is 0 Å². The third kappa shape index (κ3) is 4.03. The summed E-state index contributed by atoms with van der Waals surface area (Å²) in [4.78, 5) is 18.0. The van der Waals surface area contributed by atoms with E-state index in [-0.39, 0.29) is 0 Å². The molecule has 0 saturated carbocycles. The van der Waals surface area contributed by atoms with Crippen molar-refractivity contribution in [2.24, 2.45) is 11.5 Å². The Morgan fingerprint density at radius 2 is 1.90 bits per heavy atom. The van der Waals surface area contributed by atoms with Crippen LogP contribution >= 0.6 is 0 Å². The average molecular weight is 284 g/mol. The van der Waals surface area contributed by atoms with Crippen molar-refractivity contribution in [2.75, 3.05) is 18.0 Å². The zero-order valence-electron chi connectivity index (χ0n) is 11.9. The van der Waals surface area contributed by atoms with E-state index in [1.807, 2.05) is 35.2 Å². The quantitative estimate of drug-likeness (QED) is 0.807. The minimum atomic E-state index is -0.469. The Labute approximate surface area is 124 Å². The van der Waals surface area contributed by atoms with Crippen molar-refractivity contribution in [1.82, 2.24) is 4.98 Å². The molecule has 0 aliphatic rings. The fourth-order valence-corrected chi connectivity index (χ4v) is 2.19. The van der Waals surface area contributed by atoms with Gasteiger partial charge in [0, 0.05) is 19.3 Å². The number of carbonyl (C=O) groups excluding carboxylic acids is 1. The highest BCUT2D eigenvalue weighted by molar-refractivity contribution is 5.97. The second-order valence-electron chi connectivity index (χ2n) is 4.79. The molecule has 4 N–H and O–H groups in total. The maximum absolute atomic E-state index is 11.6. The molecule has 0 bridgehead atoms. The number of nitrogens with two attached hydrogens (primary N) is 2. The molecule has 2 aromatic rings. The summed E-state index contributed by atoms with van der Waals surface area (Å²) in [5, 5.41) is 0. The van der Waals surface area contributed by atoms with E-state index < -0.39 is 5.91 Å². The number of carbonyl (C=O) groups is 1. The number of hydrogen-bond donors (Lipinski definition) is 2. The third-order valence-electron chi connectivity index (χ3n) is 3.20. The van der Waals surface area contributed by atoms with Crippen LogP contribution in [-0.2, 0) is 6.54 Å². The number of anilines is 1. The largest absolute Gasteiger partial charge is 0.365 e. The van der Waals surface area contributed by atoms with E-state index in [0.29, 0.717) is 24.5 Å². The highest BCUT2D eigenvalue weighted by Crippen LogP contribution is 2.19. The van der Waals surface area contributed by atoms with Crippen molar-refractivity contribution in [3.05, 3.63) is 59.8 Å². The van der Waals surface area contributed by atoms with Crippen LogP contribution in [0.15, 0.2) is 48.7 Å². The third-order valence-corrected chi connectivity index (χ3v) is 3.20. The van der Waals surface area contributed by atoms with Crippen LogP contribution in [0.1, 0.15) is 22.3 Å². The molecule has 1 aromatic carbocycles. The molecule has 0 aliphatic heterocycles. The fourth-order valence-electron chi connectivity index (χ4n) is 2.19. The molecule has 0 fully saturated rings. The molecule has 1 amide bonds. The molecule has 2 rings (SSSR count). The van der Waals surface area contributed by atoms with E-state index in [1.165, 1.54) is 0 Å². The van der Waals surface area contributed by atoms with E-state index in [0.717, 1.165) is 18.5 Å². The van der Waals surface area contributed by atoms with Crippen LogP contribution in [0, 0.1) is 0 Å². The number of pyridine rings is 1. The summed E-state index contributed by atoms with van der Waals surface area (Å²) >= 11 is 0. The lowest BCUT2D eigenvalue weighted by molar-refractivity contribution is 0.100. The Balaban J connectivity index is 2.29. The molecule has 5 heteroatoms. The van der Waals surface area contributed by atoms with Gasteiger partial charge in [0.2, 0.25) is 0 Å². The maximum Gasteiger partial charge on any atom is 0.252 e. The van der Waals surface area contributed by atoms with Gasteiger partial charge in [-0.3, -0.25) is 4.79 Å². The van der Waals surface area contributed by atoms with Gasteiger partial charge in [-0.25, -0.2) is 4.98 Å². The number of primary amides is 1. The highest BCUT2D eigenvalue weighted by atomic mass is 16.1. The lowest BCUT2D eigenvalue weighted by atomic mass is 10.1. The van der Waals surface area contributed by atoms with Crippen LogP contribution in [-0.4, -0.2) is 24.0 Å². The van der Waals surface area contributed by atoms with Gasteiger partial charge >= 0.3 is 0 Å². The minimum Gasteiger partial charge on any atom is -0.365 e. The number of nitrogens with zero attached hydrogens (tertiary/aromatic N) is 2. The lowest BCUT2D eigenvalue weighted by Crippen LogP contribution is -2.29. The van der Waals surface area contributed by atoms with Gasteiger partial charge < -0.3 is 16.4 Å². The van der Waals surface area contributed by atoms with Gasteiger partial charge in [-0.2, -0.15) is 0 Å². The number of amides is 1. The first-order valence-electron chi connectivity index (χ1n) is 6.96. The van der Waals surface area contributed by atoms with Gasteiger partial charge in [0.25, 0.3) is 5.91 Å². The minimum absolute atomic E-state index is 0.436. The summed E-state index contributed by atoms with van der Waals surface area (Å²) in [6.07, 6.45) is 2.49. The number of rotatable bonds is 7. The van der Waals surface area contributed by atoms with E-state index in [4.69, 9.17) is 11.5 Å². The van der Waals surface area contributed by atoms with Gasteiger partial charge in [-0.1, -0.05) is 30.3 Å². The zero-order valence-corrected chi connectivity index (χ0v) is 11.9. The second kappa shape index (κ2) is 7.40. The molecule has 1 heterocycles. The topological polar surface area (TPSA) is 85.2 Å². The molecule has 0 aliphatic carbocycles. The molecule has 0 radical (unpaired) electrons. The summed E-state index contributed by atoms with van der Waals surface area (Å²) in [6, 6.07) is 13.5. The summed E-state index contributed by atoms with van der Waals surface area (Å²) in [6.45, 7) is 1.98. The molecule has 5 nitrogen and oxygen atoms in total. The zero-order chi connectivity index (χ0) is 15.1. The van der Waals surface area contributed by atoms with Crippen LogP contribution in [0.5, 0.6) is 0 Å². The van der Waals surface area contributed by atoms with Gasteiger partial charge in [0.1, 0.15) is 5.82 Å². The summed E-state index contributed by atoms with van der Waals surface area (Å²) < 4.78 is 0. The van der Waals surface area contributed by atoms with Gasteiger partial charge in [0.15, 0.2) is 0 Å². The number of benzene rings is 1. The molecule has 0 spiro atoms. The van der Waals surface area contributed by atoms with Crippen LogP contribution < -0.4 is 16.4 Å². The Hall–Kier alpha value is -2.40. The first-order chi connectivity index (χ1) is 10.2. The Kier molecular flexibility index (Phi) is 5.29. The SMILES string of the molecule is NCCCN(Cc1ccccc1)c1ncccc1C(N)=O. The van der Waals surface area contributed by atoms with Crippen LogP contribution in [0.25, 0.3) is 0 Å². The van der Waals surface area contributed by atoms with Crippen LogP contribution in [0.4, 0.5) is 5.82 Å². The lowest BCUT2D eigenvalue weighted by Gasteiger charge is -2.25. The smallest absolute Gasteiger partial charge is 0.252 e. The monoisotopic (exact) mass is 284 g/mol. The first kappa shape index (κ1) is 15.0. The number of aromatic nitrogens is 1. The van der Waals surface area contributed by atoms with Gasteiger partial charge in [-0.05, 0) is 30.7 Å². The normalized spacial score (nSPS) is 10.3. The predicted molar refractivity (Wildman–Crippen MR) is 83.9 cm³/mol. The molecule has 0 atom stereocenters. The average Bonchev–Trinajstić information content (AvgIpc) is 2.52. The Morgan fingerprint density at radius 1 is 1.14 bits per heavy atom. The highest BCUT2D eigenvalue weighted by Gasteiger charge is 2.15. The van der Waals surface area contributed by atoms with Crippen molar-refractivity contribution in [3.8, 4) is 0 Å². The molecule has 0 unspecified atom stereocenters. The maximum atomic E-state index is 11.6. The predicted octanol–water partition coefficient (Wildman–Crippen LogP) is 1.54. The standard InChI is InChI=1S/C16H20N4O/c17-9-5-11-20(12-13-6-2-1-3-7-13)16-14(15(18)21)8-4-10-19-16/h1-4,6-8,10H,5,9,11-12,17H2,(H2,18,21). The van der Waals surface area contributed by atoms with E-state index in [9.17, 15) is 4.79 Å². The number of hydrogen-bond acceptors (Lipinski definition) is 4. The fraction of sp³-hybridized carbons (Fsp3) is 0.250. The van der Waals surface area contributed by atoms with Crippen molar-refractivity contribution < 1.29 is 4.79 Å². The summed E-state index contributed by atoms with van der Waals surface area (Å²) in [5.41, 5.74) is 12.6. The van der Waals surface area contributed by atoms with Gasteiger partial charge in [0.05, 0.1) is 5.56 Å². The van der Waals surface area contributed by atoms with E-state index in [2.05, 4.69) is 4.98 Å². The van der Waals surface area contributed by atoms with Crippen LogP contribution in [0.3, 0.4) is 0 Å². The van der Waals surface area contributed by atoms with Crippen molar-refractivity contribution in [2.45, 2.75) is 13.0 Å². The van der Waals surface area contributed by atoms with Crippen molar-refractivity contribution in [3.63, 3.8) is 0 Å². The molecular weight excluding hydrogens is 264 g/mol. The Bertz CT molecular complexity index is 586. The van der Waals surface area contributed by atoms with Gasteiger partial charge in [-0.15, -0.1) is 0 Å². The molecule has 0 saturated heterocycles. The molecular formula is C16H20N4O. The summed E-state index contributed by atoms with van der Waals surface area (Å²) in [5.74, 6) is 0.145. The van der Waals surface area contributed by atoms with E-state index in [1.54, 1.807) is 18.3 Å². The van der Waals surface area contributed by atoms with Crippen molar-refractivity contribution in [1.29, 1.82) is 0 Å². The molecule has 110 valence electrons. The Morgan fingerprint density at radius 3 is 2.57 bits per heavy atom. The summed E-state index contributed by atoms with van der Waals surface area (Å²) in [7, 11) is 0.